The van der Waals surface area contributed by atoms with Gasteiger partial charge in [0.25, 0.3) is 5.91 Å². The van der Waals surface area contributed by atoms with Crippen LogP contribution < -0.4 is 10.2 Å². The van der Waals surface area contributed by atoms with Gasteiger partial charge in [-0.05, 0) is 60.2 Å². The Bertz CT molecular complexity index is 1060. The molecule has 0 aliphatic carbocycles. The van der Waals surface area contributed by atoms with Gasteiger partial charge in [-0.25, -0.2) is 9.82 Å². The topological polar surface area (TPSA) is 70.9 Å². The lowest BCUT2D eigenvalue weighted by atomic mass is 10.2. The van der Waals surface area contributed by atoms with Gasteiger partial charge in [-0.2, -0.15) is 5.10 Å². The predicted molar refractivity (Wildman–Crippen MR) is 110 cm³/mol. The zero-order valence-corrected chi connectivity index (χ0v) is 16.4. The van der Waals surface area contributed by atoms with Crippen LogP contribution in [0.5, 0.6) is 11.5 Å². The second kappa shape index (κ2) is 9.41. The number of phenols is 1. The molecule has 2 N–H and O–H groups in total. The van der Waals surface area contributed by atoms with Crippen molar-refractivity contribution in [3.8, 4) is 11.5 Å². The number of nitrogens with zero attached hydrogens (tertiary/aromatic N) is 1. The van der Waals surface area contributed by atoms with Gasteiger partial charge in [0.15, 0.2) is 0 Å². The fourth-order valence-corrected chi connectivity index (χ4v) is 2.76. The zero-order valence-electron chi connectivity index (χ0n) is 14.9. The van der Waals surface area contributed by atoms with Crippen LogP contribution in [-0.2, 0) is 6.61 Å². The van der Waals surface area contributed by atoms with Crippen LogP contribution in [0.4, 0.5) is 4.39 Å². The largest absolute Gasteiger partial charge is 0.507 e. The summed E-state index contributed by atoms with van der Waals surface area (Å²) < 4.78 is 18.7. The summed E-state index contributed by atoms with van der Waals surface area (Å²) in [6.07, 6.45) is 1.44. The first-order chi connectivity index (χ1) is 13.9. The Balaban J connectivity index is 1.56. The van der Waals surface area contributed by atoms with E-state index in [9.17, 15) is 14.3 Å². The van der Waals surface area contributed by atoms with Crippen molar-refractivity contribution in [3.63, 3.8) is 0 Å². The molecule has 148 valence electrons. The van der Waals surface area contributed by atoms with Gasteiger partial charge in [0.1, 0.15) is 23.9 Å². The molecular formula is C21H15Cl2FN2O3. The number of nitrogens with one attached hydrogen (secondary N) is 1. The van der Waals surface area contributed by atoms with Gasteiger partial charge >= 0.3 is 0 Å². The summed E-state index contributed by atoms with van der Waals surface area (Å²) in [6.45, 7) is 0.200. The van der Waals surface area contributed by atoms with Crippen LogP contribution in [0.1, 0.15) is 21.5 Å². The van der Waals surface area contributed by atoms with Crippen LogP contribution in [0.3, 0.4) is 0 Å². The van der Waals surface area contributed by atoms with Gasteiger partial charge in [0, 0.05) is 10.6 Å². The summed E-state index contributed by atoms with van der Waals surface area (Å²) >= 11 is 11.8. The third-order valence-corrected chi connectivity index (χ3v) is 4.46. The first-order valence-corrected chi connectivity index (χ1v) is 9.16. The molecule has 3 aromatic carbocycles. The molecule has 0 heterocycles. The molecule has 8 heteroatoms. The number of benzene rings is 3. The van der Waals surface area contributed by atoms with Gasteiger partial charge < -0.3 is 9.84 Å². The number of carbonyl (C=O) groups excluding carboxylic acids is 1. The Morgan fingerprint density at radius 1 is 1.10 bits per heavy atom. The Hall–Kier alpha value is -3.09. The maximum absolute atomic E-state index is 13.1. The van der Waals surface area contributed by atoms with E-state index in [1.54, 1.807) is 30.3 Å². The fraction of sp³-hybridized carbons (Fsp3) is 0.0476. The van der Waals surface area contributed by atoms with E-state index in [0.29, 0.717) is 26.9 Å². The Kier molecular flexibility index (Phi) is 6.69. The van der Waals surface area contributed by atoms with Gasteiger partial charge in [0.2, 0.25) is 0 Å². The molecular weight excluding hydrogens is 418 g/mol. The molecule has 0 aliphatic heterocycles. The Morgan fingerprint density at radius 2 is 1.86 bits per heavy atom. The lowest BCUT2D eigenvalue weighted by Crippen LogP contribution is -2.17. The number of carbonyl (C=O) groups is 1. The number of rotatable bonds is 6. The summed E-state index contributed by atoms with van der Waals surface area (Å²) in [4.78, 5) is 12.0. The normalized spacial score (nSPS) is 10.9. The Morgan fingerprint density at radius 3 is 2.59 bits per heavy atom. The van der Waals surface area contributed by atoms with Crippen molar-refractivity contribution < 1.29 is 19.0 Å². The number of ether oxygens (including phenoxy) is 1. The molecule has 0 fully saturated rings. The second-order valence-electron chi connectivity index (χ2n) is 5.95. The molecule has 0 aliphatic rings. The van der Waals surface area contributed by atoms with E-state index < -0.39 is 11.7 Å². The maximum atomic E-state index is 13.1. The average molecular weight is 433 g/mol. The summed E-state index contributed by atoms with van der Waals surface area (Å²) in [7, 11) is 0. The van der Waals surface area contributed by atoms with Crippen molar-refractivity contribution in [1.29, 1.82) is 0 Å². The minimum absolute atomic E-state index is 0.0258. The van der Waals surface area contributed by atoms with Gasteiger partial charge in [-0.15, -0.1) is 0 Å². The molecule has 1 amide bonds. The van der Waals surface area contributed by atoms with Crippen molar-refractivity contribution in [3.05, 3.63) is 93.2 Å². The number of hydrazone groups is 1. The van der Waals surface area contributed by atoms with E-state index in [1.807, 2.05) is 0 Å². The number of hydrogen-bond donors (Lipinski definition) is 2. The molecule has 0 unspecified atom stereocenters. The van der Waals surface area contributed by atoms with E-state index in [0.717, 1.165) is 0 Å². The molecule has 0 spiro atoms. The molecule has 29 heavy (non-hydrogen) atoms. The van der Waals surface area contributed by atoms with Gasteiger partial charge in [0.05, 0.1) is 16.8 Å². The number of amides is 1. The number of halogens is 3. The van der Waals surface area contributed by atoms with Crippen LogP contribution in [0.2, 0.25) is 10.0 Å². The highest BCUT2D eigenvalue weighted by atomic mass is 35.5. The smallest absolute Gasteiger partial charge is 0.275 e. The lowest BCUT2D eigenvalue weighted by Gasteiger charge is -2.08. The minimum Gasteiger partial charge on any atom is -0.507 e. The van der Waals surface area contributed by atoms with Crippen molar-refractivity contribution in [2.24, 2.45) is 5.10 Å². The van der Waals surface area contributed by atoms with Gasteiger partial charge in [-0.3, -0.25) is 4.79 Å². The number of aromatic hydroxyl groups is 1. The molecule has 3 aromatic rings. The molecule has 0 saturated heterocycles. The first kappa shape index (κ1) is 20.6. The van der Waals surface area contributed by atoms with Crippen molar-refractivity contribution in [1.82, 2.24) is 5.43 Å². The lowest BCUT2D eigenvalue weighted by molar-refractivity contribution is 0.0952. The highest BCUT2D eigenvalue weighted by Gasteiger charge is 2.10. The fourth-order valence-electron chi connectivity index (χ4n) is 2.37. The van der Waals surface area contributed by atoms with Crippen LogP contribution in [0, 0.1) is 5.82 Å². The van der Waals surface area contributed by atoms with E-state index in [1.165, 1.54) is 36.5 Å². The van der Waals surface area contributed by atoms with Crippen molar-refractivity contribution >= 4 is 35.3 Å². The SMILES string of the molecule is O=C(N/N=C\c1ccc(OCc2ccc(F)cc2Cl)cc1)c1cc(Cl)ccc1O. The molecule has 3 rings (SSSR count). The van der Waals surface area contributed by atoms with E-state index in [2.05, 4.69) is 10.5 Å². The molecule has 0 aromatic heterocycles. The minimum atomic E-state index is -0.586. The highest BCUT2D eigenvalue weighted by Crippen LogP contribution is 2.22. The monoisotopic (exact) mass is 432 g/mol. The summed E-state index contributed by atoms with van der Waals surface area (Å²) in [5, 5.41) is 14.2. The molecule has 0 atom stereocenters. The average Bonchev–Trinajstić information content (AvgIpc) is 2.70. The zero-order chi connectivity index (χ0) is 20.8. The molecule has 0 radical (unpaired) electrons. The quantitative estimate of drug-likeness (QED) is 0.416. The number of phenolic OH excluding ortho intramolecular Hbond substituents is 1. The first-order valence-electron chi connectivity index (χ1n) is 8.41. The molecule has 5 nitrogen and oxygen atoms in total. The maximum Gasteiger partial charge on any atom is 0.275 e. The summed E-state index contributed by atoms with van der Waals surface area (Å²) in [5.74, 6) is -0.585. The third-order valence-electron chi connectivity index (χ3n) is 3.87. The van der Waals surface area contributed by atoms with Crippen molar-refractivity contribution in [2.45, 2.75) is 6.61 Å². The summed E-state index contributed by atoms with van der Waals surface area (Å²) in [6, 6.07) is 15.2. The highest BCUT2D eigenvalue weighted by molar-refractivity contribution is 6.31. The van der Waals surface area contributed by atoms with Crippen LogP contribution in [0.25, 0.3) is 0 Å². The predicted octanol–water partition coefficient (Wildman–Crippen LogP) is 5.18. The van der Waals surface area contributed by atoms with Crippen LogP contribution in [0.15, 0.2) is 65.8 Å². The van der Waals surface area contributed by atoms with E-state index in [-0.39, 0.29) is 17.9 Å². The Labute approximate surface area is 176 Å². The third kappa shape index (κ3) is 5.70. The van der Waals surface area contributed by atoms with E-state index in [4.69, 9.17) is 27.9 Å². The second-order valence-corrected chi connectivity index (χ2v) is 6.80. The summed E-state index contributed by atoms with van der Waals surface area (Å²) in [5.41, 5.74) is 3.74. The van der Waals surface area contributed by atoms with E-state index >= 15 is 0 Å². The molecule has 0 bridgehead atoms. The van der Waals surface area contributed by atoms with Crippen molar-refractivity contribution in [2.75, 3.05) is 0 Å². The number of hydrogen-bond acceptors (Lipinski definition) is 4. The van der Waals surface area contributed by atoms with Gasteiger partial charge in [-0.1, -0.05) is 29.3 Å². The van der Waals surface area contributed by atoms with Crippen LogP contribution >= 0.6 is 23.2 Å². The van der Waals surface area contributed by atoms with Crippen LogP contribution in [-0.4, -0.2) is 17.2 Å². The standard InChI is InChI=1S/C21H15Cl2FN2O3/c22-15-4-8-20(27)18(9-15)21(28)26-25-11-13-1-6-17(7-2-13)29-12-14-3-5-16(24)10-19(14)23/h1-11,27H,12H2,(H,26,28)/b25-11-. The molecule has 0 saturated carbocycles.